The summed E-state index contributed by atoms with van der Waals surface area (Å²) in [5.41, 5.74) is 6.75. The molecule has 0 bridgehead atoms. The number of aryl methyl sites for hydroxylation is 1. The molecule has 2 N–H and O–H groups in total. The maximum Gasteiger partial charge on any atom is 0.237 e. The number of anilines is 1. The fourth-order valence-corrected chi connectivity index (χ4v) is 2.02. The topological polar surface area (TPSA) is 89.8 Å². The Balaban J connectivity index is 2.41. The fourth-order valence-electron chi connectivity index (χ4n) is 1.26. The maximum absolute atomic E-state index is 8.80. The molecule has 2 aromatic rings. The molecule has 0 unspecified atom stereocenters. The highest BCUT2D eigenvalue weighted by Gasteiger charge is 2.11. The van der Waals surface area contributed by atoms with Crippen molar-refractivity contribution in [2.45, 2.75) is 0 Å². The van der Waals surface area contributed by atoms with Crippen LogP contribution in [0.15, 0.2) is 18.3 Å². The second kappa shape index (κ2) is 4.58. The molecule has 1 aromatic heterocycles. The molecular formula is C10H8IN5O. The highest BCUT2D eigenvalue weighted by atomic mass is 127. The minimum atomic E-state index is 0.412. The zero-order valence-electron chi connectivity index (χ0n) is 8.88. The summed E-state index contributed by atoms with van der Waals surface area (Å²) in [4.78, 5) is 0. The lowest BCUT2D eigenvalue weighted by Gasteiger charge is -2.09. The van der Waals surface area contributed by atoms with Crippen molar-refractivity contribution >= 4 is 28.3 Å². The van der Waals surface area contributed by atoms with E-state index < -0.39 is 0 Å². The Morgan fingerprint density at radius 3 is 2.82 bits per heavy atom. The monoisotopic (exact) mass is 341 g/mol. The van der Waals surface area contributed by atoms with E-state index >= 15 is 0 Å². The minimum Gasteiger partial charge on any atom is -0.434 e. The normalized spacial score (nSPS) is 9.94. The molecule has 0 aliphatic rings. The van der Waals surface area contributed by atoms with Gasteiger partial charge < -0.3 is 10.5 Å². The molecule has 0 amide bonds. The average Bonchev–Trinajstić information content (AvgIpc) is 2.69. The van der Waals surface area contributed by atoms with Crippen LogP contribution in [0, 0.1) is 14.9 Å². The number of hydrogen-bond donors (Lipinski definition) is 1. The van der Waals surface area contributed by atoms with Gasteiger partial charge in [-0.05, 0) is 34.7 Å². The Labute approximate surface area is 111 Å². The molecule has 0 saturated heterocycles. The quantitative estimate of drug-likeness (QED) is 0.663. The Bertz CT molecular complexity index is 578. The van der Waals surface area contributed by atoms with Gasteiger partial charge in [0.15, 0.2) is 5.75 Å². The SMILES string of the molecule is Cn1nncc1Oc1c(N)cc(C#N)cc1I. The van der Waals surface area contributed by atoms with Gasteiger partial charge >= 0.3 is 0 Å². The summed E-state index contributed by atoms with van der Waals surface area (Å²) in [5, 5.41) is 16.3. The van der Waals surface area contributed by atoms with Gasteiger partial charge in [0.25, 0.3) is 0 Å². The molecule has 6 nitrogen and oxygen atoms in total. The predicted octanol–water partition coefficient (Wildman–Crippen LogP) is 1.67. The van der Waals surface area contributed by atoms with Crippen LogP contribution in [0.4, 0.5) is 5.69 Å². The van der Waals surface area contributed by atoms with Gasteiger partial charge in [0.2, 0.25) is 5.88 Å². The van der Waals surface area contributed by atoms with Gasteiger partial charge in [0.1, 0.15) is 6.20 Å². The van der Waals surface area contributed by atoms with Crippen LogP contribution >= 0.6 is 22.6 Å². The van der Waals surface area contributed by atoms with Gasteiger partial charge in [-0.15, -0.1) is 5.10 Å². The van der Waals surface area contributed by atoms with E-state index in [4.69, 9.17) is 15.7 Å². The number of nitriles is 1. The van der Waals surface area contributed by atoms with Crippen molar-refractivity contribution < 1.29 is 4.74 Å². The maximum atomic E-state index is 8.80. The zero-order chi connectivity index (χ0) is 12.4. The molecule has 17 heavy (non-hydrogen) atoms. The van der Waals surface area contributed by atoms with Crippen LogP contribution in [0.3, 0.4) is 0 Å². The van der Waals surface area contributed by atoms with Crippen molar-refractivity contribution in [1.82, 2.24) is 15.0 Å². The van der Waals surface area contributed by atoms with Crippen LogP contribution in [0.2, 0.25) is 0 Å². The first-order valence-electron chi connectivity index (χ1n) is 4.63. The molecule has 0 radical (unpaired) electrons. The molecule has 0 atom stereocenters. The molecule has 0 spiro atoms. The molecule has 7 heteroatoms. The van der Waals surface area contributed by atoms with Gasteiger partial charge in [-0.1, -0.05) is 5.21 Å². The summed E-state index contributed by atoms with van der Waals surface area (Å²) in [6.07, 6.45) is 1.49. The van der Waals surface area contributed by atoms with Gasteiger partial charge in [0.05, 0.1) is 20.9 Å². The standard InChI is InChI=1S/C10H8IN5O/c1-16-9(5-14-15-16)17-10-7(11)2-6(4-12)3-8(10)13/h2-3,5H,13H2,1H3. The van der Waals surface area contributed by atoms with E-state index in [2.05, 4.69) is 32.9 Å². The number of nitrogens with zero attached hydrogens (tertiary/aromatic N) is 4. The lowest BCUT2D eigenvalue weighted by Crippen LogP contribution is -2.00. The second-order valence-electron chi connectivity index (χ2n) is 3.29. The van der Waals surface area contributed by atoms with Crippen LogP contribution < -0.4 is 10.5 Å². The lowest BCUT2D eigenvalue weighted by molar-refractivity contribution is 0.429. The van der Waals surface area contributed by atoms with E-state index in [1.54, 1.807) is 19.2 Å². The number of nitrogens with two attached hydrogens (primary N) is 1. The highest BCUT2D eigenvalue weighted by Crippen LogP contribution is 2.32. The number of aromatic nitrogens is 3. The summed E-state index contributed by atoms with van der Waals surface area (Å²) in [6, 6.07) is 5.31. The van der Waals surface area contributed by atoms with Crippen molar-refractivity contribution in [2.75, 3.05) is 5.73 Å². The van der Waals surface area contributed by atoms with E-state index in [9.17, 15) is 0 Å². The number of ether oxygens (including phenoxy) is 1. The largest absolute Gasteiger partial charge is 0.434 e. The highest BCUT2D eigenvalue weighted by molar-refractivity contribution is 14.1. The van der Waals surface area contributed by atoms with E-state index in [0.29, 0.717) is 22.9 Å². The third-order valence-corrected chi connectivity index (χ3v) is 2.88. The van der Waals surface area contributed by atoms with Gasteiger partial charge in [-0.25, -0.2) is 4.68 Å². The van der Waals surface area contributed by atoms with Crippen molar-refractivity contribution in [1.29, 1.82) is 5.26 Å². The van der Waals surface area contributed by atoms with Gasteiger partial charge in [0, 0.05) is 7.05 Å². The Hall–Kier alpha value is -1.82. The van der Waals surface area contributed by atoms with Crippen molar-refractivity contribution in [2.24, 2.45) is 7.05 Å². The second-order valence-corrected chi connectivity index (χ2v) is 4.45. The zero-order valence-corrected chi connectivity index (χ0v) is 11.0. The van der Waals surface area contributed by atoms with Crippen LogP contribution in [-0.4, -0.2) is 15.0 Å². The molecule has 0 saturated carbocycles. The lowest BCUT2D eigenvalue weighted by atomic mass is 10.2. The summed E-state index contributed by atoms with van der Waals surface area (Å²) >= 11 is 2.07. The van der Waals surface area contributed by atoms with Crippen LogP contribution in [0.5, 0.6) is 11.6 Å². The van der Waals surface area contributed by atoms with Gasteiger partial charge in [-0.3, -0.25) is 0 Å². The molecule has 1 heterocycles. The smallest absolute Gasteiger partial charge is 0.237 e. The number of rotatable bonds is 2. The van der Waals surface area contributed by atoms with E-state index in [1.807, 2.05) is 6.07 Å². The number of hydrogen-bond acceptors (Lipinski definition) is 5. The summed E-state index contributed by atoms with van der Waals surface area (Å²) < 4.78 is 7.86. The van der Waals surface area contributed by atoms with Crippen molar-refractivity contribution in [3.05, 3.63) is 27.5 Å². The van der Waals surface area contributed by atoms with Crippen LogP contribution in [0.25, 0.3) is 0 Å². The van der Waals surface area contributed by atoms with E-state index in [-0.39, 0.29) is 0 Å². The molecule has 86 valence electrons. The molecular weight excluding hydrogens is 333 g/mol. The van der Waals surface area contributed by atoms with E-state index in [1.165, 1.54) is 10.9 Å². The molecule has 0 fully saturated rings. The third-order valence-electron chi connectivity index (χ3n) is 2.08. The Morgan fingerprint density at radius 2 is 2.29 bits per heavy atom. The van der Waals surface area contributed by atoms with Gasteiger partial charge in [-0.2, -0.15) is 5.26 Å². The van der Waals surface area contributed by atoms with Crippen LogP contribution in [-0.2, 0) is 7.05 Å². The molecule has 1 aromatic carbocycles. The summed E-state index contributed by atoms with van der Waals surface area (Å²) in [6.45, 7) is 0. The first-order valence-corrected chi connectivity index (χ1v) is 5.71. The summed E-state index contributed by atoms with van der Waals surface area (Å²) in [5.74, 6) is 0.995. The average molecular weight is 341 g/mol. The molecule has 2 rings (SSSR count). The summed E-state index contributed by atoms with van der Waals surface area (Å²) in [7, 11) is 1.72. The molecule has 0 aliphatic heterocycles. The molecule has 0 aliphatic carbocycles. The Kier molecular flexibility index (Phi) is 3.14. The number of halogens is 1. The number of nitrogen functional groups attached to an aromatic ring is 1. The van der Waals surface area contributed by atoms with Crippen LogP contribution in [0.1, 0.15) is 5.56 Å². The minimum absolute atomic E-state index is 0.412. The Morgan fingerprint density at radius 1 is 1.53 bits per heavy atom. The number of benzene rings is 1. The van der Waals surface area contributed by atoms with Crippen molar-refractivity contribution in [3.63, 3.8) is 0 Å². The van der Waals surface area contributed by atoms with E-state index in [0.717, 1.165) is 3.57 Å². The predicted molar refractivity (Wildman–Crippen MR) is 69.4 cm³/mol. The first kappa shape index (κ1) is 11.7. The fraction of sp³-hybridized carbons (Fsp3) is 0.100. The first-order chi connectivity index (χ1) is 8.11. The third kappa shape index (κ3) is 2.31. The van der Waals surface area contributed by atoms with Crippen molar-refractivity contribution in [3.8, 4) is 17.7 Å².